The Morgan fingerprint density at radius 3 is 2.56 bits per heavy atom. The van der Waals surface area contributed by atoms with Gasteiger partial charge < -0.3 is 19.3 Å². The maximum atomic E-state index is 12.6. The van der Waals surface area contributed by atoms with E-state index in [-0.39, 0.29) is 12.5 Å². The molecule has 1 heterocycles. The molecular weight excluding hydrogens is 322 g/mol. The molecule has 3 rings (SSSR count). The molecule has 0 bridgehead atoms. The lowest BCUT2D eigenvalue weighted by atomic mass is 9.84. The standard InChI is InChI=1S/C18H23N3O4/c1-13-19-16(21-25-13)12-24-15-8-6-14(7-9-15)20-17(22)18(23-2)10-4-3-5-11-18/h6-9H,3-5,10-12H2,1-2H3,(H,20,22). The topological polar surface area (TPSA) is 86.5 Å². The number of anilines is 1. The van der Waals surface area contributed by atoms with Gasteiger partial charge in [-0.1, -0.05) is 24.4 Å². The van der Waals surface area contributed by atoms with Gasteiger partial charge >= 0.3 is 0 Å². The zero-order valence-electron chi connectivity index (χ0n) is 14.6. The molecule has 1 aliphatic carbocycles. The van der Waals surface area contributed by atoms with Gasteiger partial charge in [-0.05, 0) is 37.1 Å². The van der Waals surface area contributed by atoms with Crippen LogP contribution in [0.25, 0.3) is 0 Å². The van der Waals surface area contributed by atoms with Crippen molar-refractivity contribution in [3.05, 3.63) is 36.0 Å². The van der Waals surface area contributed by atoms with E-state index in [1.165, 1.54) is 0 Å². The van der Waals surface area contributed by atoms with Crippen LogP contribution in [0.5, 0.6) is 5.75 Å². The SMILES string of the molecule is COC1(C(=O)Nc2ccc(OCc3noc(C)n3)cc2)CCCCC1. The Morgan fingerprint density at radius 1 is 1.24 bits per heavy atom. The lowest BCUT2D eigenvalue weighted by Crippen LogP contribution is -2.46. The van der Waals surface area contributed by atoms with Crippen LogP contribution in [0.2, 0.25) is 0 Å². The van der Waals surface area contributed by atoms with E-state index >= 15 is 0 Å². The van der Waals surface area contributed by atoms with Gasteiger partial charge in [0, 0.05) is 19.7 Å². The second-order valence-corrected chi connectivity index (χ2v) is 6.26. The van der Waals surface area contributed by atoms with E-state index in [4.69, 9.17) is 14.0 Å². The summed E-state index contributed by atoms with van der Waals surface area (Å²) in [6.07, 6.45) is 4.72. The fourth-order valence-corrected chi connectivity index (χ4v) is 3.07. The second kappa shape index (κ2) is 7.65. The number of nitrogens with one attached hydrogen (secondary N) is 1. The first-order valence-electron chi connectivity index (χ1n) is 8.50. The number of ether oxygens (including phenoxy) is 2. The zero-order chi connectivity index (χ0) is 17.7. The zero-order valence-corrected chi connectivity index (χ0v) is 14.6. The first-order valence-corrected chi connectivity index (χ1v) is 8.50. The predicted octanol–water partition coefficient (Wildman–Crippen LogP) is 3.24. The van der Waals surface area contributed by atoms with Gasteiger partial charge in [0.2, 0.25) is 11.7 Å². The molecule has 1 N–H and O–H groups in total. The van der Waals surface area contributed by atoms with Crippen molar-refractivity contribution in [3.8, 4) is 5.75 Å². The molecule has 25 heavy (non-hydrogen) atoms. The molecule has 1 amide bonds. The lowest BCUT2D eigenvalue weighted by Gasteiger charge is -2.34. The summed E-state index contributed by atoms with van der Waals surface area (Å²) < 4.78 is 16.1. The van der Waals surface area contributed by atoms with Crippen molar-refractivity contribution in [1.29, 1.82) is 0 Å². The predicted molar refractivity (Wildman–Crippen MR) is 91.3 cm³/mol. The number of nitrogens with zero attached hydrogens (tertiary/aromatic N) is 2. The average molecular weight is 345 g/mol. The quantitative estimate of drug-likeness (QED) is 0.865. The number of hydrogen-bond acceptors (Lipinski definition) is 6. The largest absolute Gasteiger partial charge is 0.485 e. The summed E-state index contributed by atoms with van der Waals surface area (Å²) in [7, 11) is 1.61. The molecule has 1 aromatic heterocycles. The van der Waals surface area contributed by atoms with Crippen molar-refractivity contribution < 1.29 is 18.8 Å². The highest BCUT2D eigenvalue weighted by Crippen LogP contribution is 2.32. The molecular formula is C18H23N3O4. The fourth-order valence-electron chi connectivity index (χ4n) is 3.07. The summed E-state index contributed by atoms with van der Waals surface area (Å²) in [5, 5.41) is 6.72. The van der Waals surface area contributed by atoms with Crippen LogP contribution in [0, 0.1) is 6.92 Å². The molecule has 134 valence electrons. The van der Waals surface area contributed by atoms with Crippen molar-refractivity contribution in [2.24, 2.45) is 0 Å². The fraction of sp³-hybridized carbons (Fsp3) is 0.500. The van der Waals surface area contributed by atoms with E-state index in [0.29, 0.717) is 17.5 Å². The van der Waals surface area contributed by atoms with E-state index in [2.05, 4.69) is 15.5 Å². The Hall–Kier alpha value is -2.41. The van der Waals surface area contributed by atoms with E-state index in [1.807, 2.05) is 0 Å². The van der Waals surface area contributed by atoms with E-state index in [1.54, 1.807) is 38.3 Å². The van der Waals surface area contributed by atoms with Crippen LogP contribution < -0.4 is 10.1 Å². The van der Waals surface area contributed by atoms with E-state index in [0.717, 1.165) is 37.8 Å². The van der Waals surface area contributed by atoms with E-state index < -0.39 is 5.60 Å². The van der Waals surface area contributed by atoms with Crippen molar-refractivity contribution in [2.45, 2.75) is 51.2 Å². The van der Waals surface area contributed by atoms with Crippen LogP contribution in [0.1, 0.15) is 43.8 Å². The molecule has 0 spiro atoms. The third-order valence-corrected chi connectivity index (χ3v) is 4.52. The molecule has 7 nitrogen and oxygen atoms in total. The molecule has 0 saturated heterocycles. The summed E-state index contributed by atoms with van der Waals surface area (Å²) in [4.78, 5) is 16.7. The molecule has 7 heteroatoms. The highest BCUT2D eigenvalue weighted by Gasteiger charge is 2.39. The molecule has 1 saturated carbocycles. The molecule has 1 fully saturated rings. The van der Waals surface area contributed by atoms with Gasteiger partial charge in [0.15, 0.2) is 6.61 Å². The number of hydrogen-bond donors (Lipinski definition) is 1. The lowest BCUT2D eigenvalue weighted by molar-refractivity contribution is -0.141. The van der Waals surface area contributed by atoms with Crippen LogP contribution in [0.4, 0.5) is 5.69 Å². The Morgan fingerprint density at radius 2 is 1.96 bits per heavy atom. The van der Waals surface area contributed by atoms with Gasteiger partial charge in [0.1, 0.15) is 11.4 Å². The first-order chi connectivity index (χ1) is 12.1. The Kier molecular flexibility index (Phi) is 5.33. The summed E-state index contributed by atoms with van der Waals surface area (Å²) >= 11 is 0. The minimum Gasteiger partial charge on any atom is -0.485 e. The molecule has 1 aliphatic rings. The van der Waals surface area contributed by atoms with Gasteiger partial charge in [-0.25, -0.2) is 0 Å². The van der Waals surface area contributed by atoms with Gasteiger partial charge in [0.25, 0.3) is 5.91 Å². The first kappa shape index (κ1) is 17.4. The Labute approximate surface area is 146 Å². The number of aryl methyl sites for hydroxylation is 1. The Bertz CT molecular complexity index is 705. The summed E-state index contributed by atoms with van der Waals surface area (Å²) in [5.41, 5.74) is 0.0129. The number of rotatable bonds is 6. The number of carbonyl (C=O) groups is 1. The van der Waals surface area contributed by atoms with Crippen LogP contribution in [-0.2, 0) is 16.1 Å². The molecule has 2 aromatic rings. The smallest absolute Gasteiger partial charge is 0.256 e. The number of methoxy groups -OCH3 is 1. The number of aromatic nitrogens is 2. The molecule has 0 atom stereocenters. The van der Waals surface area contributed by atoms with Crippen molar-refractivity contribution in [2.75, 3.05) is 12.4 Å². The van der Waals surface area contributed by atoms with Crippen molar-refractivity contribution >= 4 is 11.6 Å². The average Bonchev–Trinajstić information content (AvgIpc) is 3.07. The van der Waals surface area contributed by atoms with Gasteiger partial charge in [-0.2, -0.15) is 4.98 Å². The minimum absolute atomic E-state index is 0.0781. The normalized spacial score (nSPS) is 16.4. The van der Waals surface area contributed by atoms with Crippen molar-refractivity contribution in [3.63, 3.8) is 0 Å². The molecule has 0 aliphatic heterocycles. The van der Waals surface area contributed by atoms with Gasteiger partial charge in [-0.15, -0.1) is 0 Å². The third kappa shape index (κ3) is 4.17. The summed E-state index contributed by atoms with van der Waals surface area (Å²) in [6.45, 7) is 1.96. The Balaban J connectivity index is 1.57. The van der Waals surface area contributed by atoms with Crippen LogP contribution in [-0.4, -0.2) is 28.8 Å². The third-order valence-electron chi connectivity index (χ3n) is 4.52. The van der Waals surface area contributed by atoms with Gasteiger partial charge in [-0.3, -0.25) is 4.79 Å². The van der Waals surface area contributed by atoms with Crippen LogP contribution in [0.15, 0.2) is 28.8 Å². The molecule has 1 aromatic carbocycles. The second-order valence-electron chi connectivity index (χ2n) is 6.26. The molecule has 0 unspecified atom stereocenters. The summed E-state index contributed by atoms with van der Waals surface area (Å²) in [6, 6.07) is 7.20. The maximum absolute atomic E-state index is 12.6. The number of amides is 1. The number of benzene rings is 1. The highest BCUT2D eigenvalue weighted by atomic mass is 16.5. The molecule has 0 radical (unpaired) electrons. The highest BCUT2D eigenvalue weighted by molar-refractivity contribution is 5.97. The minimum atomic E-state index is -0.704. The maximum Gasteiger partial charge on any atom is 0.256 e. The van der Waals surface area contributed by atoms with Crippen LogP contribution >= 0.6 is 0 Å². The van der Waals surface area contributed by atoms with Crippen LogP contribution in [0.3, 0.4) is 0 Å². The van der Waals surface area contributed by atoms with Crippen molar-refractivity contribution in [1.82, 2.24) is 10.1 Å². The van der Waals surface area contributed by atoms with Gasteiger partial charge in [0.05, 0.1) is 0 Å². The van der Waals surface area contributed by atoms with E-state index in [9.17, 15) is 4.79 Å². The number of carbonyl (C=O) groups excluding carboxylic acids is 1. The monoisotopic (exact) mass is 345 g/mol. The summed E-state index contributed by atoms with van der Waals surface area (Å²) in [5.74, 6) is 1.59.